The van der Waals surface area contributed by atoms with Crippen LogP contribution in [-0.2, 0) is 9.59 Å². The van der Waals surface area contributed by atoms with Crippen molar-refractivity contribution in [3.63, 3.8) is 0 Å². The van der Waals surface area contributed by atoms with Gasteiger partial charge in [0.15, 0.2) is 5.11 Å². The van der Waals surface area contributed by atoms with Gasteiger partial charge in [0.25, 0.3) is 11.8 Å². The molecule has 2 amide bonds. The molecule has 0 aliphatic carbocycles. The minimum atomic E-state index is -0.520. The molecule has 2 heterocycles. The summed E-state index contributed by atoms with van der Waals surface area (Å²) in [5.74, 6) is -1.01. The van der Waals surface area contributed by atoms with E-state index >= 15 is 0 Å². The lowest BCUT2D eigenvalue weighted by Crippen LogP contribution is -2.54. The molecular formula is C24H20ClN3O2S. The summed E-state index contributed by atoms with van der Waals surface area (Å²) in [7, 11) is 0. The van der Waals surface area contributed by atoms with Gasteiger partial charge < -0.3 is 4.57 Å². The van der Waals surface area contributed by atoms with Crippen LogP contribution in [0.2, 0.25) is 5.02 Å². The Morgan fingerprint density at radius 3 is 2.35 bits per heavy atom. The molecule has 0 unspecified atom stereocenters. The van der Waals surface area contributed by atoms with Gasteiger partial charge >= 0.3 is 0 Å². The van der Waals surface area contributed by atoms with Gasteiger partial charge in [0.2, 0.25) is 0 Å². The summed E-state index contributed by atoms with van der Waals surface area (Å²) in [6.07, 6.45) is 1.62. The zero-order valence-corrected chi connectivity index (χ0v) is 18.8. The highest BCUT2D eigenvalue weighted by molar-refractivity contribution is 7.80. The third-order valence-electron chi connectivity index (χ3n) is 5.23. The lowest BCUT2D eigenvalue weighted by Gasteiger charge is -2.29. The second kappa shape index (κ2) is 8.13. The smallest absolute Gasteiger partial charge is 0.270 e. The molecule has 0 saturated carbocycles. The number of hydrogen-bond acceptors (Lipinski definition) is 3. The molecule has 0 bridgehead atoms. The van der Waals surface area contributed by atoms with Crippen molar-refractivity contribution in [1.29, 1.82) is 0 Å². The highest BCUT2D eigenvalue weighted by Crippen LogP contribution is 2.27. The minimum Gasteiger partial charge on any atom is -0.318 e. The summed E-state index contributed by atoms with van der Waals surface area (Å²) < 4.78 is 2.09. The van der Waals surface area contributed by atoms with Crippen LogP contribution in [0.1, 0.15) is 22.5 Å². The van der Waals surface area contributed by atoms with Crippen molar-refractivity contribution in [3.05, 3.63) is 87.7 Å². The van der Waals surface area contributed by atoms with Crippen LogP contribution < -0.4 is 10.2 Å². The van der Waals surface area contributed by atoms with Gasteiger partial charge in [-0.1, -0.05) is 35.4 Å². The molecule has 0 spiro atoms. The second-order valence-electron chi connectivity index (χ2n) is 7.44. The van der Waals surface area contributed by atoms with E-state index in [1.807, 2.05) is 51.1 Å². The van der Waals surface area contributed by atoms with Crippen molar-refractivity contribution < 1.29 is 9.59 Å². The average Bonchev–Trinajstić information content (AvgIpc) is 2.99. The molecule has 31 heavy (non-hydrogen) atoms. The minimum absolute atomic E-state index is 0.0118. The molecular weight excluding hydrogens is 430 g/mol. The topological polar surface area (TPSA) is 54.3 Å². The van der Waals surface area contributed by atoms with Gasteiger partial charge in [0.1, 0.15) is 5.57 Å². The fraction of sp³-hybridized carbons (Fsp3) is 0.125. The number of aryl methyl sites for hydroxylation is 2. The standard InChI is InChI=1S/C24H20ClN3O2S/c1-14-7-9-19(10-8-14)27-15(2)11-17(16(27)3)12-21-22(29)26-24(31)28(23(21)30)20-6-4-5-18(25)13-20/h4-13H,1-3H3,(H,26,29,31). The van der Waals surface area contributed by atoms with Crippen LogP contribution in [0.5, 0.6) is 0 Å². The van der Waals surface area contributed by atoms with E-state index in [-0.39, 0.29) is 10.7 Å². The zero-order chi connectivity index (χ0) is 22.3. The van der Waals surface area contributed by atoms with E-state index in [1.54, 1.807) is 30.3 Å². The Morgan fingerprint density at radius 2 is 1.68 bits per heavy atom. The van der Waals surface area contributed by atoms with Crippen LogP contribution >= 0.6 is 23.8 Å². The fourth-order valence-corrected chi connectivity index (χ4v) is 4.15. The highest BCUT2D eigenvalue weighted by atomic mass is 35.5. The third kappa shape index (κ3) is 3.92. The molecule has 2 aromatic carbocycles. The van der Waals surface area contributed by atoms with Gasteiger partial charge in [-0.15, -0.1) is 0 Å². The Hall–Kier alpha value is -3.22. The number of benzene rings is 2. The zero-order valence-electron chi connectivity index (χ0n) is 17.3. The molecule has 1 fully saturated rings. The van der Waals surface area contributed by atoms with Crippen LogP contribution in [0.3, 0.4) is 0 Å². The number of thiocarbonyl (C=S) groups is 1. The van der Waals surface area contributed by atoms with Crippen molar-refractivity contribution in [2.45, 2.75) is 20.8 Å². The predicted octanol–water partition coefficient (Wildman–Crippen LogP) is 4.89. The average molecular weight is 450 g/mol. The summed E-state index contributed by atoms with van der Waals surface area (Å²) >= 11 is 11.3. The van der Waals surface area contributed by atoms with Crippen LogP contribution in [0.25, 0.3) is 11.8 Å². The van der Waals surface area contributed by atoms with Gasteiger partial charge in [0.05, 0.1) is 5.69 Å². The Morgan fingerprint density at radius 1 is 0.968 bits per heavy atom. The second-order valence-corrected chi connectivity index (χ2v) is 8.26. The Labute approximate surface area is 190 Å². The molecule has 1 aliphatic heterocycles. The fourth-order valence-electron chi connectivity index (χ4n) is 3.69. The number of nitrogens with one attached hydrogen (secondary N) is 1. The highest BCUT2D eigenvalue weighted by Gasteiger charge is 2.34. The third-order valence-corrected chi connectivity index (χ3v) is 5.75. The first-order valence-electron chi connectivity index (χ1n) is 9.69. The number of halogens is 1. The molecule has 5 nitrogen and oxygen atoms in total. The van der Waals surface area contributed by atoms with E-state index in [1.165, 1.54) is 10.5 Å². The molecule has 1 aromatic heterocycles. The first-order valence-corrected chi connectivity index (χ1v) is 10.5. The largest absolute Gasteiger partial charge is 0.318 e. The number of hydrogen-bond donors (Lipinski definition) is 1. The number of anilines is 1. The van der Waals surface area contributed by atoms with Crippen molar-refractivity contribution in [1.82, 2.24) is 9.88 Å². The van der Waals surface area contributed by atoms with Crippen molar-refractivity contribution in [2.75, 3.05) is 4.90 Å². The van der Waals surface area contributed by atoms with E-state index in [0.29, 0.717) is 10.7 Å². The van der Waals surface area contributed by atoms with Gasteiger partial charge in [-0.05, 0) is 81.0 Å². The lowest BCUT2D eigenvalue weighted by molar-refractivity contribution is -0.122. The maximum atomic E-state index is 13.2. The van der Waals surface area contributed by atoms with E-state index in [4.69, 9.17) is 23.8 Å². The van der Waals surface area contributed by atoms with E-state index < -0.39 is 11.8 Å². The van der Waals surface area contributed by atoms with Gasteiger partial charge in [-0.2, -0.15) is 0 Å². The Balaban J connectivity index is 1.76. The van der Waals surface area contributed by atoms with Gasteiger partial charge in [0, 0.05) is 22.1 Å². The summed E-state index contributed by atoms with van der Waals surface area (Å²) in [5, 5.41) is 3.10. The van der Waals surface area contributed by atoms with Crippen LogP contribution in [-0.4, -0.2) is 21.5 Å². The monoisotopic (exact) mass is 449 g/mol. The number of carbonyl (C=O) groups is 2. The quantitative estimate of drug-likeness (QED) is 0.352. The molecule has 1 aliphatic rings. The number of aromatic nitrogens is 1. The van der Waals surface area contributed by atoms with Crippen molar-refractivity contribution >= 4 is 52.5 Å². The molecule has 3 aromatic rings. The molecule has 0 atom stereocenters. The summed E-state index contributed by atoms with van der Waals surface area (Å²) in [5.41, 5.74) is 5.42. The molecule has 4 rings (SSSR count). The Bertz CT molecular complexity index is 1260. The predicted molar refractivity (Wildman–Crippen MR) is 128 cm³/mol. The molecule has 1 N–H and O–H groups in total. The molecule has 156 valence electrons. The Kier molecular flexibility index (Phi) is 5.52. The summed E-state index contributed by atoms with van der Waals surface area (Å²) in [6, 6.07) is 16.9. The van der Waals surface area contributed by atoms with Gasteiger partial charge in [-0.3, -0.25) is 19.8 Å². The maximum absolute atomic E-state index is 13.2. The number of carbonyl (C=O) groups excluding carboxylic acids is 2. The van der Waals surface area contributed by atoms with E-state index in [2.05, 4.69) is 9.88 Å². The first kappa shape index (κ1) is 21.0. The van der Waals surface area contributed by atoms with Crippen LogP contribution in [0.15, 0.2) is 60.2 Å². The van der Waals surface area contributed by atoms with Crippen molar-refractivity contribution in [3.8, 4) is 5.69 Å². The SMILES string of the molecule is Cc1ccc(-n2c(C)cc(C=C3C(=O)NC(=S)N(c4cccc(Cl)c4)C3=O)c2C)cc1. The van der Waals surface area contributed by atoms with Crippen LogP contribution in [0.4, 0.5) is 5.69 Å². The van der Waals surface area contributed by atoms with E-state index in [9.17, 15) is 9.59 Å². The molecule has 0 radical (unpaired) electrons. The van der Waals surface area contributed by atoms with Crippen molar-refractivity contribution in [2.24, 2.45) is 0 Å². The number of amides is 2. The summed E-state index contributed by atoms with van der Waals surface area (Å²) in [6.45, 7) is 5.99. The summed E-state index contributed by atoms with van der Waals surface area (Å²) in [4.78, 5) is 27.1. The lowest BCUT2D eigenvalue weighted by atomic mass is 10.1. The molecule has 1 saturated heterocycles. The normalized spacial score (nSPS) is 15.5. The number of nitrogens with zero attached hydrogens (tertiary/aromatic N) is 2. The van der Waals surface area contributed by atoms with E-state index in [0.717, 1.165) is 22.6 Å². The number of rotatable bonds is 3. The first-order chi connectivity index (χ1) is 14.8. The van der Waals surface area contributed by atoms with Crippen LogP contribution in [0, 0.1) is 20.8 Å². The maximum Gasteiger partial charge on any atom is 0.270 e. The van der Waals surface area contributed by atoms with Gasteiger partial charge in [-0.25, -0.2) is 0 Å². The molecule has 7 heteroatoms.